The third kappa shape index (κ3) is 1.96. The fraction of sp³-hybridized carbons (Fsp3) is 0.750. The molecule has 1 aromatic heterocycles. The molecule has 1 aromatic rings. The van der Waals surface area contributed by atoms with Gasteiger partial charge in [0.05, 0.1) is 5.69 Å². The van der Waals surface area contributed by atoms with Crippen LogP contribution in [0.5, 0.6) is 0 Å². The molecule has 0 aliphatic carbocycles. The van der Waals surface area contributed by atoms with Gasteiger partial charge in [-0.3, -0.25) is 0 Å². The van der Waals surface area contributed by atoms with Gasteiger partial charge in [0, 0.05) is 23.5 Å². The summed E-state index contributed by atoms with van der Waals surface area (Å²) in [5.41, 5.74) is 6.82. The summed E-state index contributed by atoms with van der Waals surface area (Å²) >= 11 is 1.77. The molecule has 1 aliphatic heterocycles. The summed E-state index contributed by atoms with van der Waals surface area (Å²) in [5, 5.41) is 1.18. The minimum Gasteiger partial charge on any atom is -0.342 e. The Morgan fingerprint density at radius 3 is 2.81 bits per heavy atom. The topological polar surface area (TPSA) is 42.2 Å². The Kier molecular flexibility index (Phi) is 3.50. The Labute approximate surface area is 102 Å². The molecular formula is C12H21N3S. The summed E-state index contributed by atoms with van der Waals surface area (Å²) in [6.45, 7) is 7.24. The van der Waals surface area contributed by atoms with E-state index < -0.39 is 0 Å². The second-order valence-electron chi connectivity index (χ2n) is 4.60. The van der Waals surface area contributed by atoms with Crippen LogP contribution in [0.4, 0.5) is 5.13 Å². The fourth-order valence-electron chi connectivity index (χ4n) is 2.53. The van der Waals surface area contributed by atoms with Crippen molar-refractivity contribution in [3.8, 4) is 0 Å². The van der Waals surface area contributed by atoms with Gasteiger partial charge in [-0.05, 0) is 33.1 Å². The number of anilines is 1. The molecule has 0 spiro atoms. The van der Waals surface area contributed by atoms with Crippen LogP contribution in [0.1, 0.15) is 43.7 Å². The van der Waals surface area contributed by atoms with Crippen molar-refractivity contribution in [1.29, 1.82) is 0 Å². The highest BCUT2D eigenvalue weighted by Crippen LogP contribution is 2.35. The molecule has 0 amide bonds. The maximum absolute atomic E-state index is 5.72. The van der Waals surface area contributed by atoms with Gasteiger partial charge in [-0.15, -0.1) is 11.3 Å². The summed E-state index contributed by atoms with van der Waals surface area (Å²) in [5.74, 6) is 0. The van der Waals surface area contributed by atoms with Crippen LogP contribution in [-0.2, 0) is 6.54 Å². The quantitative estimate of drug-likeness (QED) is 0.882. The van der Waals surface area contributed by atoms with E-state index in [4.69, 9.17) is 5.73 Å². The molecule has 4 heteroatoms. The Morgan fingerprint density at radius 1 is 1.50 bits per heavy atom. The summed E-state index contributed by atoms with van der Waals surface area (Å²) in [7, 11) is 0. The number of aryl methyl sites for hydroxylation is 1. The molecule has 2 N–H and O–H groups in total. The maximum atomic E-state index is 5.72. The lowest BCUT2D eigenvalue weighted by atomic mass is 10.2. The molecule has 0 saturated carbocycles. The predicted molar refractivity (Wildman–Crippen MR) is 70.0 cm³/mol. The zero-order valence-corrected chi connectivity index (χ0v) is 11.2. The summed E-state index contributed by atoms with van der Waals surface area (Å²) in [6, 6.07) is 1.30. The highest BCUT2D eigenvalue weighted by atomic mass is 32.1. The van der Waals surface area contributed by atoms with Crippen LogP contribution in [0.3, 0.4) is 0 Å². The van der Waals surface area contributed by atoms with E-state index in [-0.39, 0.29) is 0 Å². The van der Waals surface area contributed by atoms with Crippen LogP contribution < -0.4 is 10.6 Å². The van der Waals surface area contributed by atoms with Gasteiger partial charge in [-0.1, -0.05) is 6.92 Å². The van der Waals surface area contributed by atoms with Crippen molar-refractivity contribution in [1.82, 2.24) is 4.98 Å². The van der Waals surface area contributed by atoms with Crippen LogP contribution in [0.25, 0.3) is 0 Å². The van der Waals surface area contributed by atoms with Gasteiger partial charge in [0.2, 0.25) is 0 Å². The van der Waals surface area contributed by atoms with Crippen molar-refractivity contribution in [3.05, 3.63) is 10.6 Å². The monoisotopic (exact) mass is 239 g/mol. The molecule has 2 rings (SSSR count). The van der Waals surface area contributed by atoms with Gasteiger partial charge < -0.3 is 10.6 Å². The van der Waals surface area contributed by atoms with Crippen molar-refractivity contribution in [2.75, 3.05) is 4.90 Å². The van der Waals surface area contributed by atoms with Crippen molar-refractivity contribution in [2.45, 2.75) is 58.7 Å². The summed E-state index contributed by atoms with van der Waals surface area (Å²) in [4.78, 5) is 8.40. The molecular weight excluding hydrogens is 218 g/mol. The van der Waals surface area contributed by atoms with E-state index in [2.05, 4.69) is 30.7 Å². The van der Waals surface area contributed by atoms with Gasteiger partial charge in [0.15, 0.2) is 5.13 Å². The Hall–Kier alpha value is -0.610. The van der Waals surface area contributed by atoms with Crippen molar-refractivity contribution >= 4 is 16.5 Å². The van der Waals surface area contributed by atoms with Crippen LogP contribution in [-0.4, -0.2) is 17.1 Å². The first-order valence-corrected chi connectivity index (χ1v) is 6.93. The summed E-state index contributed by atoms with van der Waals surface area (Å²) in [6.07, 6.45) is 3.80. The predicted octanol–water partition coefficient (Wildman–Crippen LogP) is 2.68. The van der Waals surface area contributed by atoms with Gasteiger partial charge in [-0.25, -0.2) is 4.98 Å². The molecule has 2 atom stereocenters. The third-order valence-corrected chi connectivity index (χ3v) is 4.74. The SMILES string of the molecule is CCC1CCC(C)N1c1nc(C)c(CN)s1. The van der Waals surface area contributed by atoms with E-state index in [0.29, 0.717) is 18.6 Å². The van der Waals surface area contributed by atoms with E-state index in [1.54, 1.807) is 11.3 Å². The van der Waals surface area contributed by atoms with E-state index >= 15 is 0 Å². The van der Waals surface area contributed by atoms with Gasteiger partial charge in [-0.2, -0.15) is 0 Å². The molecule has 1 saturated heterocycles. The number of thiazole rings is 1. The number of rotatable bonds is 3. The Balaban J connectivity index is 2.27. The van der Waals surface area contributed by atoms with Crippen LogP contribution in [0.2, 0.25) is 0 Å². The van der Waals surface area contributed by atoms with Gasteiger partial charge in [0.25, 0.3) is 0 Å². The Morgan fingerprint density at radius 2 is 2.25 bits per heavy atom. The van der Waals surface area contributed by atoms with E-state index in [1.807, 2.05) is 0 Å². The van der Waals surface area contributed by atoms with Crippen LogP contribution in [0.15, 0.2) is 0 Å². The third-order valence-electron chi connectivity index (χ3n) is 3.54. The van der Waals surface area contributed by atoms with Crippen molar-refractivity contribution in [3.63, 3.8) is 0 Å². The van der Waals surface area contributed by atoms with E-state index in [9.17, 15) is 0 Å². The smallest absolute Gasteiger partial charge is 0.186 e. The molecule has 2 heterocycles. The molecule has 3 nitrogen and oxygen atoms in total. The lowest BCUT2D eigenvalue weighted by Gasteiger charge is -2.27. The second-order valence-corrected chi connectivity index (χ2v) is 5.67. The van der Waals surface area contributed by atoms with Crippen LogP contribution >= 0.6 is 11.3 Å². The minimum atomic E-state index is 0.614. The normalized spacial score (nSPS) is 25.4. The first-order chi connectivity index (χ1) is 7.67. The zero-order valence-electron chi connectivity index (χ0n) is 10.4. The Bertz CT molecular complexity index is 361. The molecule has 2 unspecified atom stereocenters. The van der Waals surface area contributed by atoms with E-state index in [0.717, 1.165) is 5.69 Å². The number of hydrogen-bond donors (Lipinski definition) is 1. The fourth-order valence-corrected chi connectivity index (χ4v) is 3.64. The molecule has 0 radical (unpaired) electrons. The van der Waals surface area contributed by atoms with E-state index in [1.165, 1.54) is 29.3 Å². The number of nitrogens with zero attached hydrogens (tertiary/aromatic N) is 2. The second kappa shape index (κ2) is 4.72. The largest absolute Gasteiger partial charge is 0.342 e. The molecule has 0 bridgehead atoms. The molecule has 90 valence electrons. The van der Waals surface area contributed by atoms with Crippen molar-refractivity contribution in [2.24, 2.45) is 5.73 Å². The number of nitrogens with two attached hydrogens (primary N) is 1. The summed E-state index contributed by atoms with van der Waals surface area (Å²) < 4.78 is 0. The average molecular weight is 239 g/mol. The lowest BCUT2D eigenvalue weighted by molar-refractivity contribution is 0.626. The number of hydrogen-bond acceptors (Lipinski definition) is 4. The number of aromatic nitrogens is 1. The molecule has 0 aromatic carbocycles. The first-order valence-electron chi connectivity index (χ1n) is 6.12. The van der Waals surface area contributed by atoms with Crippen LogP contribution in [0, 0.1) is 6.92 Å². The van der Waals surface area contributed by atoms with Gasteiger partial charge >= 0.3 is 0 Å². The average Bonchev–Trinajstić information content (AvgIpc) is 2.81. The van der Waals surface area contributed by atoms with Gasteiger partial charge in [0.1, 0.15) is 0 Å². The zero-order chi connectivity index (χ0) is 11.7. The minimum absolute atomic E-state index is 0.614. The maximum Gasteiger partial charge on any atom is 0.186 e. The molecule has 1 aliphatic rings. The highest BCUT2D eigenvalue weighted by molar-refractivity contribution is 7.15. The standard InChI is InChI=1S/C12H21N3S/c1-4-10-6-5-8(2)15(10)12-14-9(3)11(7-13)16-12/h8,10H,4-7,13H2,1-3H3. The molecule has 1 fully saturated rings. The lowest BCUT2D eigenvalue weighted by Crippen LogP contribution is -2.33. The highest BCUT2D eigenvalue weighted by Gasteiger charge is 2.31. The first kappa shape index (κ1) is 11.9. The molecule has 16 heavy (non-hydrogen) atoms. The van der Waals surface area contributed by atoms with Crippen molar-refractivity contribution < 1.29 is 0 Å².